The highest BCUT2D eigenvalue weighted by molar-refractivity contribution is 7.12. The van der Waals surface area contributed by atoms with Gasteiger partial charge >= 0.3 is 0 Å². The van der Waals surface area contributed by atoms with E-state index in [0.29, 0.717) is 18.2 Å². The van der Waals surface area contributed by atoms with Crippen LogP contribution in [0, 0.1) is 6.92 Å². The third kappa shape index (κ3) is 3.89. The number of rotatable bonds is 5. The molecule has 2 heterocycles. The number of nitrogens with zero attached hydrogens (tertiary/aromatic N) is 2. The quantitative estimate of drug-likeness (QED) is 0.860. The summed E-state index contributed by atoms with van der Waals surface area (Å²) in [6.07, 6.45) is 6.56. The second-order valence-corrected chi connectivity index (χ2v) is 5.16. The van der Waals surface area contributed by atoms with Crippen molar-refractivity contribution in [2.45, 2.75) is 13.8 Å². The molecule has 0 atom stereocenters. The molecule has 1 N–H and O–H groups in total. The summed E-state index contributed by atoms with van der Waals surface area (Å²) in [4.78, 5) is 21.0. The van der Waals surface area contributed by atoms with Crippen molar-refractivity contribution in [1.82, 2.24) is 9.97 Å². The molecule has 0 aliphatic rings. The fraction of sp³-hybridized carbons (Fsp3) is 0.214. The molecule has 0 unspecified atom stereocenters. The van der Waals surface area contributed by atoms with Gasteiger partial charge in [0.05, 0.1) is 11.6 Å². The van der Waals surface area contributed by atoms with Gasteiger partial charge in [0.25, 0.3) is 0 Å². The van der Waals surface area contributed by atoms with E-state index in [4.69, 9.17) is 4.74 Å². The SMILES string of the molecule is CCOc1ncccc1NC(=O)C=Cc1cnc(C)s1. The number of amides is 1. The van der Waals surface area contributed by atoms with E-state index in [1.54, 1.807) is 30.6 Å². The summed E-state index contributed by atoms with van der Waals surface area (Å²) in [6, 6.07) is 3.50. The Kier molecular flexibility index (Phi) is 4.84. The minimum Gasteiger partial charge on any atom is -0.476 e. The second kappa shape index (κ2) is 6.81. The van der Waals surface area contributed by atoms with Crippen LogP contribution in [0.1, 0.15) is 16.8 Å². The highest BCUT2D eigenvalue weighted by Gasteiger charge is 2.06. The monoisotopic (exact) mass is 289 g/mol. The van der Waals surface area contributed by atoms with Gasteiger partial charge in [-0.15, -0.1) is 11.3 Å². The number of thiazole rings is 1. The summed E-state index contributed by atoms with van der Waals surface area (Å²) in [7, 11) is 0. The van der Waals surface area contributed by atoms with Gasteiger partial charge in [-0.1, -0.05) is 0 Å². The van der Waals surface area contributed by atoms with Crippen molar-refractivity contribution in [3.8, 4) is 5.88 Å². The second-order valence-electron chi connectivity index (χ2n) is 3.89. The number of anilines is 1. The van der Waals surface area contributed by atoms with Crippen LogP contribution < -0.4 is 10.1 Å². The van der Waals surface area contributed by atoms with E-state index in [0.717, 1.165) is 9.88 Å². The minimum absolute atomic E-state index is 0.231. The Morgan fingerprint density at radius 3 is 3.05 bits per heavy atom. The number of hydrogen-bond acceptors (Lipinski definition) is 5. The molecule has 104 valence electrons. The van der Waals surface area contributed by atoms with Crippen LogP contribution >= 0.6 is 11.3 Å². The third-order valence-corrected chi connectivity index (χ3v) is 3.23. The van der Waals surface area contributed by atoms with Crippen molar-refractivity contribution in [3.05, 3.63) is 40.5 Å². The largest absolute Gasteiger partial charge is 0.476 e. The van der Waals surface area contributed by atoms with Crippen LogP contribution in [-0.4, -0.2) is 22.5 Å². The predicted octanol–water partition coefficient (Wildman–Crippen LogP) is 2.90. The molecule has 2 aromatic rings. The zero-order valence-electron chi connectivity index (χ0n) is 11.3. The van der Waals surface area contributed by atoms with E-state index >= 15 is 0 Å². The van der Waals surface area contributed by atoms with Crippen molar-refractivity contribution >= 4 is 29.0 Å². The van der Waals surface area contributed by atoms with Crippen molar-refractivity contribution < 1.29 is 9.53 Å². The summed E-state index contributed by atoms with van der Waals surface area (Å²) in [5, 5.41) is 3.71. The summed E-state index contributed by atoms with van der Waals surface area (Å²) in [5.41, 5.74) is 0.560. The lowest BCUT2D eigenvalue weighted by atomic mass is 10.3. The summed E-state index contributed by atoms with van der Waals surface area (Å²) < 4.78 is 5.35. The zero-order chi connectivity index (χ0) is 14.4. The molecule has 0 bridgehead atoms. The van der Waals surface area contributed by atoms with Gasteiger partial charge in [0.1, 0.15) is 5.69 Å². The first-order valence-electron chi connectivity index (χ1n) is 6.18. The minimum atomic E-state index is -0.231. The van der Waals surface area contributed by atoms with Crippen molar-refractivity contribution in [3.63, 3.8) is 0 Å². The molecule has 2 aromatic heterocycles. The molecule has 0 aliphatic heterocycles. The lowest BCUT2D eigenvalue weighted by molar-refractivity contribution is -0.111. The number of aryl methyl sites for hydroxylation is 1. The van der Waals surface area contributed by atoms with E-state index in [-0.39, 0.29) is 5.91 Å². The smallest absolute Gasteiger partial charge is 0.248 e. The van der Waals surface area contributed by atoms with Crippen LogP contribution in [0.2, 0.25) is 0 Å². The standard InChI is InChI=1S/C14H15N3O2S/c1-3-19-14-12(5-4-8-15-14)17-13(18)7-6-11-9-16-10(2)20-11/h4-9H,3H2,1-2H3,(H,17,18). The maximum Gasteiger partial charge on any atom is 0.248 e. The predicted molar refractivity (Wildman–Crippen MR) is 79.9 cm³/mol. The van der Waals surface area contributed by atoms with Crippen molar-refractivity contribution in [1.29, 1.82) is 0 Å². The number of carbonyl (C=O) groups is 1. The lowest BCUT2D eigenvalue weighted by Crippen LogP contribution is -2.10. The molecule has 1 amide bonds. The Morgan fingerprint density at radius 2 is 2.35 bits per heavy atom. The first kappa shape index (κ1) is 14.2. The summed E-state index contributed by atoms with van der Waals surface area (Å²) >= 11 is 1.53. The third-order valence-electron chi connectivity index (χ3n) is 2.35. The fourth-order valence-electron chi connectivity index (χ4n) is 1.52. The lowest BCUT2D eigenvalue weighted by Gasteiger charge is -2.08. The highest BCUT2D eigenvalue weighted by atomic mass is 32.1. The average molecular weight is 289 g/mol. The molecule has 0 aliphatic carbocycles. The van der Waals surface area contributed by atoms with Crippen LogP contribution in [0.3, 0.4) is 0 Å². The normalized spacial score (nSPS) is 10.7. The Morgan fingerprint density at radius 1 is 1.50 bits per heavy atom. The molecule has 5 nitrogen and oxygen atoms in total. The summed E-state index contributed by atoms with van der Waals surface area (Å²) in [5.74, 6) is 0.190. The maximum atomic E-state index is 11.9. The topological polar surface area (TPSA) is 64.1 Å². The molecule has 0 saturated heterocycles. The summed E-state index contributed by atoms with van der Waals surface area (Å²) in [6.45, 7) is 4.29. The van der Waals surface area contributed by atoms with Crippen molar-refractivity contribution in [2.24, 2.45) is 0 Å². The van der Waals surface area contributed by atoms with E-state index in [1.165, 1.54) is 17.4 Å². The number of carbonyl (C=O) groups excluding carboxylic acids is 1. The van der Waals surface area contributed by atoms with Crippen LogP contribution in [0.4, 0.5) is 5.69 Å². The molecule has 0 aromatic carbocycles. The van der Waals surface area contributed by atoms with Gasteiger partial charge in [-0.25, -0.2) is 9.97 Å². The van der Waals surface area contributed by atoms with Gasteiger partial charge in [-0.3, -0.25) is 4.79 Å². The Hall–Kier alpha value is -2.21. The Labute approximate surface area is 121 Å². The van der Waals surface area contributed by atoms with Crippen LogP contribution in [0.5, 0.6) is 5.88 Å². The van der Waals surface area contributed by atoms with Gasteiger partial charge in [-0.05, 0) is 32.1 Å². The molecule has 6 heteroatoms. The number of aromatic nitrogens is 2. The molecule has 0 fully saturated rings. The van der Waals surface area contributed by atoms with Gasteiger partial charge < -0.3 is 10.1 Å². The molecule has 2 rings (SSSR count). The molecular weight excluding hydrogens is 274 g/mol. The van der Waals surface area contributed by atoms with E-state index < -0.39 is 0 Å². The maximum absolute atomic E-state index is 11.9. The van der Waals surface area contributed by atoms with Crippen LogP contribution in [-0.2, 0) is 4.79 Å². The zero-order valence-corrected chi connectivity index (χ0v) is 12.1. The van der Waals surface area contributed by atoms with E-state index in [9.17, 15) is 4.79 Å². The number of ether oxygens (including phenoxy) is 1. The molecule has 0 radical (unpaired) electrons. The van der Waals surface area contributed by atoms with Crippen LogP contribution in [0.25, 0.3) is 6.08 Å². The van der Waals surface area contributed by atoms with Gasteiger partial charge in [0.15, 0.2) is 0 Å². The molecule has 20 heavy (non-hydrogen) atoms. The van der Waals surface area contributed by atoms with E-state index in [2.05, 4.69) is 15.3 Å². The van der Waals surface area contributed by atoms with Crippen LogP contribution in [0.15, 0.2) is 30.6 Å². The van der Waals surface area contributed by atoms with E-state index in [1.807, 2.05) is 13.8 Å². The Balaban J connectivity index is 2.03. The molecule has 0 spiro atoms. The Bertz CT molecular complexity index is 622. The highest BCUT2D eigenvalue weighted by Crippen LogP contribution is 2.20. The fourth-order valence-corrected chi connectivity index (χ4v) is 2.21. The number of hydrogen-bond donors (Lipinski definition) is 1. The van der Waals surface area contributed by atoms with Gasteiger partial charge in [0, 0.05) is 23.3 Å². The number of pyridine rings is 1. The average Bonchev–Trinajstić information content (AvgIpc) is 2.85. The van der Waals surface area contributed by atoms with Gasteiger partial charge in [-0.2, -0.15) is 0 Å². The van der Waals surface area contributed by atoms with Crippen molar-refractivity contribution in [2.75, 3.05) is 11.9 Å². The molecular formula is C14H15N3O2S. The van der Waals surface area contributed by atoms with Gasteiger partial charge in [0.2, 0.25) is 11.8 Å². The number of nitrogens with one attached hydrogen (secondary N) is 1. The molecule has 0 saturated carbocycles. The first-order valence-corrected chi connectivity index (χ1v) is 7.00. The first-order chi connectivity index (χ1) is 9.69.